The summed E-state index contributed by atoms with van der Waals surface area (Å²) in [5, 5.41) is 28.4. The van der Waals surface area contributed by atoms with Gasteiger partial charge in [0.15, 0.2) is 23.6 Å². The van der Waals surface area contributed by atoms with Crippen LogP contribution in [0.4, 0.5) is 5.13 Å². The van der Waals surface area contributed by atoms with E-state index in [1.807, 2.05) is 23.9 Å². The van der Waals surface area contributed by atoms with Crippen LogP contribution in [0.3, 0.4) is 0 Å². The summed E-state index contributed by atoms with van der Waals surface area (Å²) >= 11 is 8.40. The molecule has 17 heteroatoms. The molecule has 1 fully saturated rings. The number of thiazole rings is 1. The summed E-state index contributed by atoms with van der Waals surface area (Å²) in [4.78, 5) is 61.2. The maximum Gasteiger partial charge on any atom is 0.352 e. The van der Waals surface area contributed by atoms with Gasteiger partial charge in [-0.3, -0.25) is 14.5 Å². The van der Waals surface area contributed by atoms with Gasteiger partial charge in [-0.25, -0.2) is 14.6 Å². The van der Waals surface area contributed by atoms with E-state index in [4.69, 9.17) is 22.2 Å². The number of hydrogen-bond donors (Lipinski definition) is 5. The number of nitrogen functional groups attached to an aromatic ring is 1. The van der Waals surface area contributed by atoms with Crippen LogP contribution in [0.1, 0.15) is 49.6 Å². The normalized spacial score (nSPS) is 20.7. The fourth-order valence-electron chi connectivity index (χ4n) is 5.36. The van der Waals surface area contributed by atoms with Gasteiger partial charge >= 0.3 is 11.9 Å². The summed E-state index contributed by atoms with van der Waals surface area (Å²) in [6.45, 7) is 3.66. The van der Waals surface area contributed by atoms with Crippen LogP contribution >= 0.6 is 34.7 Å². The van der Waals surface area contributed by atoms with E-state index >= 15 is 0 Å². The van der Waals surface area contributed by atoms with Gasteiger partial charge in [-0.2, -0.15) is 4.57 Å². The first kappa shape index (κ1) is 33.4. The summed E-state index contributed by atoms with van der Waals surface area (Å²) in [5.41, 5.74) is 5.92. The molecule has 2 aliphatic heterocycles. The molecule has 1 aliphatic carbocycles. The minimum absolute atomic E-state index is 0.00139. The van der Waals surface area contributed by atoms with E-state index in [1.165, 1.54) is 36.1 Å². The van der Waals surface area contributed by atoms with Gasteiger partial charge in [-0.1, -0.05) is 34.2 Å². The van der Waals surface area contributed by atoms with Crippen LogP contribution in [0.5, 0.6) is 0 Å². The molecule has 0 saturated carbocycles. The number of carboxylic acid groups (broad SMARTS) is 2. The van der Waals surface area contributed by atoms with Crippen LogP contribution < -0.4 is 20.9 Å². The monoisotopic (exact) mass is 690 g/mol. The van der Waals surface area contributed by atoms with Gasteiger partial charge in [0.05, 0.1) is 0 Å². The Labute approximate surface area is 277 Å². The van der Waals surface area contributed by atoms with Crippen molar-refractivity contribution in [3.63, 3.8) is 0 Å². The number of oxime groups is 1. The molecule has 0 spiro atoms. The Balaban J connectivity index is 1.36. The summed E-state index contributed by atoms with van der Waals surface area (Å²) in [6.07, 6.45) is 8.13. The number of aliphatic carboxylic acids is 2. The molecule has 0 radical (unpaired) electrons. The highest BCUT2D eigenvalue weighted by molar-refractivity contribution is 8.00. The molecular weight excluding hydrogens is 658 g/mol. The Bertz CT molecular complexity index is 1690. The molecule has 4 heterocycles. The van der Waals surface area contributed by atoms with E-state index in [-0.39, 0.29) is 33.3 Å². The number of fused-ring (bicyclic) bond motifs is 2. The summed E-state index contributed by atoms with van der Waals surface area (Å²) in [7, 11) is 1.92. The smallest absolute Gasteiger partial charge is 0.352 e. The predicted octanol–water partition coefficient (Wildman–Crippen LogP) is 1.80. The van der Waals surface area contributed by atoms with Crippen molar-refractivity contribution in [1.82, 2.24) is 20.5 Å². The second-order valence-electron chi connectivity index (χ2n) is 11.3. The molecular formula is C29H33ClN7O7S2+. The van der Waals surface area contributed by atoms with Crippen molar-refractivity contribution < 1.29 is 38.8 Å². The van der Waals surface area contributed by atoms with Crippen LogP contribution in [-0.2, 0) is 30.6 Å². The fraction of sp³-hybridized carbons (Fsp3) is 0.414. The number of aromatic nitrogens is 2. The second kappa shape index (κ2) is 13.4. The molecule has 0 bridgehead atoms. The molecule has 3 unspecified atom stereocenters. The molecule has 1 saturated heterocycles. The first-order valence-electron chi connectivity index (χ1n) is 14.3. The minimum Gasteiger partial charge on any atom is -0.478 e. The van der Waals surface area contributed by atoms with Crippen molar-refractivity contribution >= 4 is 75.4 Å². The Kier molecular flexibility index (Phi) is 9.72. The molecule has 6 N–H and O–H groups in total. The van der Waals surface area contributed by atoms with Crippen LogP contribution in [0.15, 0.2) is 40.8 Å². The predicted molar refractivity (Wildman–Crippen MR) is 172 cm³/mol. The van der Waals surface area contributed by atoms with E-state index in [1.54, 1.807) is 0 Å². The maximum absolute atomic E-state index is 13.4. The van der Waals surface area contributed by atoms with Crippen LogP contribution in [-0.4, -0.2) is 85.9 Å². The highest BCUT2D eigenvalue weighted by atomic mass is 35.5. The number of carbonyl (C=O) groups is 4. The fourth-order valence-corrected chi connectivity index (χ4v) is 7.62. The largest absolute Gasteiger partial charge is 0.478 e. The third-order valence-electron chi connectivity index (χ3n) is 7.79. The Morgan fingerprint density at radius 3 is 2.74 bits per heavy atom. The molecule has 5 rings (SSSR count). The third-order valence-corrected chi connectivity index (χ3v) is 10.2. The number of thioether (sulfide) groups is 1. The number of β-lactam (4-membered cyclic amide) rings is 1. The van der Waals surface area contributed by atoms with Crippen molar-refractivity contribution in [3.8, 4) is 0 Å². The van der Waals surface area contributed by atoms with E-state index < -0.39 is 46.5 Å². The average Bonchev–Trinajstić information content (AvgIpc) is 3.57. The van der Waals surface area contributed by atoms with Gasteiger partial charge < -0.3 is 31.4 Å². The number of nitrogens with zero attached hydrogens (tertiary/aromatic N) is 4. The van der Waals surface area contributed by atoms with E-state index in [0.29, 0.717) is 11.3 Å². The van der Waals surface area contributed by atoms with Gasteiger partial charge in [-0.05, 0) is 46.3 Å². The number of allylic oxidation sites excluding steroid dienone is 1. The zero-order chi connectivity index (χ0) is 33.3. The zero-order valence-electron chi connectivity index (χ0n) is 25.2. The molecule has 3 aliphatic rings. The van der Waals surface area contributed by atoms with Crippen molar-refractivity contribution in [2.75, 3.05) is 25.1 Å². The van der Waals surface area contributed by atoms with Crippen molar-refractivity contribution in [3.05, 3.63) is 57.0 Å². The molecule has 2 amide bonds. The summed E-state index contributed by atoms with van der Waals surface area (Å²) < 4.78 is 2.00. The number of rotatable bonds is 13. The van der Waals surface area contributed by atoms with Gasteiger partial charge in [0.25, 0.3) is 11.8 Å². The number of pyridine rings is 1. The van der Waals surface area contributed by atoms with Gasteiger partial charge in [0.1, 0.15) is 27.1 Å². The number of halogens is 1. The molecule has 2 aromatic rings. The SMILES string of the molecule is CNCCCC1C=Cc2c1ccc[n+]2CC1=C(C(=O)O)N2C(=O)C(NC(=O)/C(=N\OC(C)(C)C(=O)O)c3nc(N)sc3Cl)C2SC1. The molecule has 3 atom stereocenters. The van der Waals surface area contributed by atoms with E-state index in [0.717, 1.165) is 36.4 Å². The summed E-state index contributed by atoms with van der Waals surface area (Å²) in [6, 6.07) is 2.92. The van der Waals surface area contributed by atoms with Gasteiger partial charge in [0.2, 0.25) is 11.3 Å². The zero-order valence-corrected chi connectivity index (χ0v) is 27.5. The lowest BCUT2D eigenvalue weighted by molar-refractivity contribution is -0.690. The van der Waals surface area contributed by atoms with Gasteiger partial charge in [0, 0.05) is 34.9 Å². The molecule has 244 valence electrons. The molecule has 46 heavy (non-hydrogen) atoms. The number of amides is 2. The maximum atomic E-state index is 13.4. The lowest BCUT2D eigenvalue weighted by Gasteiger charge is -2.49. The Morgan fingerprint density at radius 2 is 2.09 bits per heavy atom. The Hall–Kier alpha value is -3.99. The quantitative estimate of drug-likeness (QED) is 0.0675. The van der Waals surface area contributed by atoms with Crippen molar-refractivity contribution in [2.24, 2.45) is 5.16 Å². The highest BCUT2D eigenvalue weighted by Crippen LogP contribution is 2.41. The number of hydrogen-bond acceptors (Lipinski definition) is 11. The second-order valence-corrected chi connectivity index (χ2v) is 14.1. The molecule has 14 nitrogen and oxygen atoms in total. The number of carbonyl (C=O) groups excluding carboxylic acids is 2. The number of anilines is 1. The number of nitrogens with two attached hydrogens (primary N) is 1. The lowest BCUT2D eigenvalue weighted by atomic mass is 9.97. The number of carboxylic acids is 2. The molecule has 0 aromatic carbocycles. The van der Waals surface area contributed by atoms with Crippen LogP contribution in [0.25, 0.3) is 6.08 Å². The van der Waals surface area contributed by atoms with Gasteiger partial charge in [-0.15, -0.1) is 11.8 Å². The minimum atomic E-state index is -1.81. The Morgan fingerprint density at radius 1 is 1.33 bits per heavy atom. The number of nitrogens with one attached hydrogen (secondary N) is 2. The first-order chi connectivity index (χ1) is 21.8. The van der Waals surface area contributed by atoms with Crippen molar-refractivity contribution in [1.29, 1.82) is 0 Å². The van der Waals surface area contributed by atoms with E-state index in [9.17, 15) is 29.4 Å². The highest BCUT2D eigenvalue weighted by Gasteiger charge is 2.55. The van der Waals surface area contributed by atoms with E-state index in [2.05, 4.69) is 39.0 Å². The lowest BCUT2D eigenvalue weighted by Crippen LogP contribution is -2.71. The molecule has 2 aromatic heterocycles. The standard InChI is InChI=1S/C29H32ClN7O7S2/c1-29(2,27(42)43)44-35-19(18-22(30)46-28(31)34-18)23(38)33-20-24(39)37-21(26(40)41)15(13-45-25(20)37)12-36-11-5-7-16-14(6-4-10-32-3)8-9-17(16)36/h5,7-9,11,14,20,25,32H,4,6,10,12-13H2,1-3H3,(H4-,31,33,34,38,40,41,42,43)/p+1/b35-19-. The summed E-state index contributed by atoms with van der Waals surface area (Å²) in [5.74, 6) is -3.55. The van der Waals surface area contributed by atoms with Crippen molar-refractivity contribution in [2.45, 2.75) is 56.2 Å². The topological polar surface area (TPSA) is 200 Å². The van der Waals surface area contributed by atoms with Crippen LogP contribution in [0, 0.1) is 0 Å². The average molecular weight is 691 g/mol. The van der Waals surface area contributed by atoms with Crippen LogP contribution in [0.2, 0.25) is 4.34 Å². The third kappa shape index (κ3) is 6.47. The first-order valence-corrected chi connectivity index (χ1v) is 16.6.